The minimum Gasteiger partial charge on any atom is -0.376 e. The Kier molecular flexibility index (Phi) is 6.31. The smallest absolute Gasteiger partial charge is 0.253 e. The first kappa shape index (κ1) is 17.5. The van der Waals surface area contributed by atoms with Crippen molar-refractivity contribution in [1.29, 1.82) is 0 Å². The third-order valence-corrected chi connectivity index (χ3v) is 3.49. The molecule has 0 aliphatic rings. The van der Waals surface area contributed by atoms with Gasteiger partial charge in [-0.3, -0.25) is 9.59 Å². The van der Waals surface area contributed by atoms with Gasteiger partial charge in [0.25, 0.3) is 5.91 Å². The van der Waals surface area contributed by atoms with Gasteiger partial charge in [-0.15, -0.1) is 0 Å². The standard InChI is InChI=1S/C18H20FN3O2/c1-20-18(24)15-4-2-3-5-16(15)22-12-17(23)21-11-10-13-6-8-14(19)9-7-13/h2-9,22H,10-12H2,1H3,(H,20,24)(H,21,23). The second-order valence-corrected chi connectivity index (χ2v) is 5.20. The Morgan fingerprint density at radius 2 is 1.75 bits per heavy atom. The van der Waals surface area contributed by atoms with Gasteiger partial charge in [-0.1, -0.05) is 24.3 Å². The molecular formula is C18H20FN3O2. The van der Waals surface area contributed by atoms with Crippen LogP contribution in [0.3, 0.4) is 0 Å². The van der Waals surface area contributed by atoms with Crippen LogP contribution in [-0.4, -0.2) is 32.0 Å². The van der Waals surface area contributed by atoms with Gasteiger partial charge in [-0.05, 0) is 36.2 Å². The zero-order valence-electron chi connectivity index (χ0n) is 13.4. The zero-order chi connectivity index (χ0) is 17.4. The molecule has 0 radical (unpaired) electrons. The Morgan fingerprint density at radius 3 is 2.46 bits per heavy atom. The van der Waals surface area contributed by atoms with Gasteiger partial charge in [0.05, 0.1) is 12.1 Å². The van der Waals surface area contributed by atoms with E-state index in [4.69, 9.17) is 0 Å². The first-order valence-corrected chi connectivity index (χ1v) is 7.66. The molecule has 0 unspecified atom stereocenters. The maximum Gasteiger partial charge on any atom is 0.253 e. The van der Waals surface area contributed by atoms with Gasteiger partial charge >= 0.3 is 0 Å². The number of carbonyl (C=O) groups excluding carboxylic acids is 2. The summed E-state index contributed by atoms with van der Waals surface area (Å²) in [6, 6.07) is 13.2. The number of hydrogen-bond acceptors (Lipinski definition) is 3. The highest BCUT2D eigenvalue weighted by Crippen LogP contribution is 2.14. The quantitative estimate of drug-likeness (QED) is 0.727. The van der Waals surface area contributed by atoms with Crippen LogP contribution in [0.2, 0.25) is 0 Å². The molecule has 0 atom stereocenters. The predicted molar refractivity (Wildman–Crippen MR) is 91.4 cm³/mol. The minimum atomic E-state index is -0.276. The number of benzene rings is 2. The molecule has 126 valence electrons. The van der Waals surface area contributed by atoms with Crippen LogP contribution >= 0.6 is 0 Å². The SMILES string of the molecule is CNC(=O)c1ccccc1NCC(=O)NCCc1ccc(F)cc1. The van der Waals surface area contributed by atoms with Crippen LogP contribution < -0.4 is 16.0 Å². The minimum absolute atomic E-state index is 0.0669. The van der Waals surface area contributed by atoms with Crippen molar-refractivity contribution in [2.24, 2.45) is 0 Å². The van der Waals surface area contributed by atoms with E-state index >= 15 is 0 Å². The highest BCUT2D eigenvalue weighted by Gasteiger charge is 2.09. The fourth-order valence-corrected chi connectivity index (χ4v) is 2.21. The van der Waals surface area contributed by atoms with Gasteiger partial charge in [0.15, 0.2) is 0 Å². The molecule has 2 aromatic carbocycles. The Bertz CT molecular complexity index is 702. The van der Waals surface area contributed by atoms with Crippen LogP contribution in [0.5, 0.6) is 0 Å². The van der Waals surface area contributed by atoms with Gasteiger partial charge in [-0.2, -0.15) is 0 Å². The maximum absolute atomic E-state index is 12.8. The van der Waals surface area contributed by atoms with E-state index in [-0.39, 0.29) is 24.2 Å². The van der Waals surface area contributed by atoms with Crippen molar-refractivity contribution in [3.63, 3.8) is 0 Å². The average Bonchev–Trinajstić information content (AvgIpc) is 2.61. The van der Waals surface area contributed by atoms with Gasteiger partial charge in [-0.25, -0.2) is 4.39 Å². The van der Waals surface area contributed by atoms with Crippen molar-refractivity contribution < 1.29 is 14.0 Å². The molecule has 24 heavy (non-hydrogen) atoms. The van der Waals surface area contributed by atoms with Crippen molar-refractivity contribution >= 4 is 17.5 Å². The first-order chi connectivity index (χ1) is 11.6. The average molecular weight is 329 g/mol. The van der Waals surface area contributed by atoms with Gasteiger partial charge in [0.1, 0.15) is 5.82 Å². The molecule has 0 fully saturated rings. The Morgan fingerprint density at radius 1 is 1.04 bits per heavy atom. The summed E-state index contributed by atoms with van der Waals surface area (Å²) in [6.45, 7) is 0.528. The molecule has 5 nitrogen and oxygen atoms in total. The summed E-state index contributed by atoms with van der Waals surface area (Å²) in [7, 11) is 1.56. The Labute approximate surface area is 140 Å². The lowest BCUT2D eigenvalue weighted by molar-refractivity contribution is -0.119. The highest BCUT2D eigenvalue weighted by atomic mass is 19.1. The third kappa shape index (κ3) is 5.08. The lowest BCUT2D eigenvalue weighted by Crippen LogP contribution is -2.32. The summed E-state index contributed by atoms with van der Waals surface area (Å²) < 4.78 is 12.8. The molecule has 6 heteroatoms. The number of carbonyl (C=O) groups is 2. The topological polar surface area (TPSA) is 70.2 Å². The fraction of sp³-hybridized carbons (Fsp3) is 0.222. The number of rotatable bonds is 7. The predicted octanol–water partition coefficient (Wildman–Crippen LogP) is 1.96. The number of nitrogens with one attached hydrogen (secondary N) is 3. The summed E-state index contributed by atoms with van der Waals surface area (Å²) >= 11 is 0. The second-order valence-electron chi connectivity index (χ2n) is 5.20. The molecule has 0 heterocycles. The molecule has 2 aromatic rings. The molecule has 0 saturated carbocycles. The van der Waals surface area contributed by atoms with Crippen molar-refractivity contribution in [2.75, 3.05) is 25.5 Å². The summed E-state index contributed by atoms with van der Waals surface area (Å²) in [4.78, 5) is 23.6. The van der Waals surface area contributed by atoms with Crippen LogP contribution in [0.15, 0.2) is 48.5 Å². The number of halogens is 1. The van der Waals surface area contributed by atoms with E-state index in [0.29, 0.717) is 24.2 Å². The number of para-hydroxylation sites is 1. The van der Waals surface area contributed by atoms with Crippen molar-refractivity contribution in [3.8, 4) is 0 Å². The van der Waals surface area contributed by atoms with E-state index in [1.54, 1.807) is 43.4 Å². The van der Waals surface area contributed by atoms with Crippen LogP contribution in [-0.2, 0) is 11.2 Å². The van der Waals surface area contributed by atoms with Crippen LogP contribution in [0.4, 0.5) is 10.1 Å². The Balaban J connectivity index is 1.79. The molecule has 2 amide bonds. The van der Waals surface area contributed by atoms with Gasteiger partial charge in [0, 0.05) is 19.3 Å². The van der Waals surface area contributed by atoms with Crippen LogP contribution in [0, 0.1) is 5.82 Å². The Hall–Kier alpha value is -2.89. The van der Waals surface area contributed by atoms with Gasteiger partial charge in [0.2, 0.25) is 5.91 Å². The summed E-state index contributed by atoms with van der Waals surface area (Å²) in [5.74, 6) is -0.666. The van der Waals surface area contributed by atoms with E-state index in [1.807, 2.05) is 0 Å². The molecule has 0 spiro atoms. The number of anilines is 1. The third-order valence-electron chi connectivity index (χ3n) is 3.49. The summed E-state index contributed by atoms with van der Waals surface area (Å²) in [5, 5.41) is 8.30. The molecule has 0 aliphatic carbocycles. The van der Waals surface area contributed by atoms with E-state index < -0.39 is 0 Å². The second kappa shape index (κ2) is 8.67. The summed E-state index contributed by atoms with van der Waals surface area (Å²) in [5.41, 5.74) is 2.04. The molecule has 0 saturated heterocycles. The van der Waals surface area contributed by atoms with Crippen molar-refractivity contribution in [1.82, 2.24) is 10.6 Å². The van der Waals surface area contributed by atoms with Crippen LogP contribution in [0.1, 0.15) is 15.9 Å². The van der Waals surface area contributed by atoms with Crippen LogP contribution in [0.25, 0.3) is 0 Å². The zero-order valence-corrected chi connectivity index (χ0v) is 13.4. The maximum atomic E-state index is 12.8. The highest BCUT2D eigenvalue weighted by molar-refractivity contribution is 5.99. The molecule has 2 rings (SSSR count). The number of hydrogen-bond donors (Lipinski definition) is 3. The molecule has 0 aliphatic heterocycles. The molecular weight excluding hydrogens is 309 g/mol. The fourth-order valence-electron chi connectivity index (χ4n) is 2.21. The lowest BCUT2D eigenvalue weighted by atomic mass is 10.1. The van der Waals surface area contributed by atoms with E-state index in [0.717, 1.165) is 5.56 Å². The van der Waals surface area contributed by atoms with Crippen molar-refractivity contribution in [2.45, 2.75) is 6.42 Å². The summed E-state index contributed by atoms with van der Waals surface area (Å²) in [6.07, 6.45) is 0.626. The molecule has 3 N–H and O–H groups in total. The molecule has 0 aromatic heterocycles. The number of amides is 2. The van der Waals surface area contributed by atoms with E-state index in [2.05, 4.69) is 16.0 Å². The van der Waals surface area contributed by atoms with Crippen molar-refractivity contribution in [3.05, 3.63) is 65.5 Å². The normalized spacial score (nSPS) is 10.1. The monoisotopic (exact) mass is 329 g/mol. The van der Waals surface area contributed by atoms with E-state index in [9.17, 15) is 14.0 Å². The lowest BCUT2D eigenvalue weighted by Gasteiger charge is -2.11. The first-order valence-electron chi connectivity index (χ1n) is 7.66. The largest absolute Gasteiger partial charge is 0.376 e. The van der Waals surface area contributed by atoms with E-state index in [1.165, 1.54) is 12.1 Å². The molecule has 0 bridgehead atoms. The van der Waals surface area contributed by atoms with Gasteiger partial charge < -0.3 is 16.0 Å².